The smallest absolute Gasteiger partial charge is 0.338 e. The summed E-state index contributed by atoms with van der Waals surface area (Å²) in [5.41, 5.74) is 0.422. The van der Waals surface area contributed by atoms with Gasteiger partial charge in [-0.15, -0.1) is 6.58 Å². The van der Waals surface area contributed by atoms with Crippen molar-refractivity contribution < 1.29 is 28.7 Å². The summed E-state index contributed by atoms with van der Waals surface area (Å²) in [7, 11) is 0. The fourth-order valence-corrected chi connectivity index (χ4v) is 3.29. The van der Waals surface area contributed by atoms with Crippen LogP contribution in [-0.2, 0) is 14.3 Å². The van der Waals surface area contributed by atoms with Crippen molar-refractivity contribution >= 4 is 29.6 Å². The van der Waals surface area contributed by atoms with Gasteiger partial charge in [0, 0.05) is 39.6 Å². The number of ether oxygens (including phenoxy) is 1. The third-order valence-corrected chi connectivity index (χ3v) is 4.92. The summed E-state index contributed by atoms with van der Waals surface area (Å²) in [6.45, 7) is 6.28. The van der Waals surface area contributed by atoms with Crippen molar-refractivity contribution in [2.45, 2.75) is 6.92 Å². The Balaban J connectivity index is 1.59. The Hall–Kier alpha value is -3.49. The summed E-state index contributed by atoms with van der Waals surface area (Å²) in [4.78, 5) is 64.6. The number of piperazine rings is 1. The summed E-state index contributed by atoms with van der Waals surface area (Å²) in [5, 5.41) is 0. The highest BCUT2D eigenvalue weighted by molar-refractivity contribution is 6.22. The van der Waals surface area contributed by atoms with E-state index in [0.29, 0.717) is 26.2 Å². The zero-order valence-corrected chi connectivity index (χ0v) is 16.1. The standard InChI is InChI=1S/C20H21N3O6/c1-3-6-23-18(26)15-5-4-14(11-16(15)19(23)27)20(28)29-12-17(25)22-9-7-21(8-10-22)13(2)24/h3-5,11H,1,6-10,12H2,2H3. The van der Waals surface area contributed by atoms with Gasteiger partial charge in [-0.05, 0) is 18.2 Å². The summed E-state index contributed by atoms with van der Waals surface area (Å²) in [6.07, 6.45) is 1.44. The van der Waals surface area contributed by atoms with E-state index in [1.54, 1.807) is 4.90 Å². The largest absolute Gasteiger partial charge is 0.452 e. The molecule has 1 aromatic carbocycles. The number of amides is 4. The summed E-state index contributed by atoms with van der Waals surface area (Å²) >= 11 is 0. The highest BCUT2D eigenvalue weighted by Gasteiger charge is 2.35. The molecule has 1 saturated heterocycles. The van der Waals surface area contributed by atoms with Crippen molar-refractivity contribution in [3.63, 3.8) is 0 Å². The maximum Gasteiger partial charge on any atom is 0.338 e. The summed E-state index contributed by atoms with van der Waals surface area (Å²) < 4.78 is 5.08. The molecule has 9 heteroatoms. The van der Waals surface area contributed by atoms with Crippen LogP contribution in [0.3, 0.4) is 0 Å². The number of esters is 1. The molecule has 0 N–H and O–H groups in total. The maximum atomic E-state index is 12.3. The highest BCUT2D eigenvalue weighted by atomic mass is 16.5. The number of nitrogens with zero attached hydrogens (tertiary/aromatic N) is 3. The number of hydrogen-bond donors (Lipinski definition) is 0. The molecule has 9 nitrogen and oxygen atoms in total. The molecule has 0 bridgehead atoms. The van der Waals surface area contributed by atoms with E-state index in [-0.39, 0.29) is 35.0 Å². The average Bonchev–Trinajstić information content (AvgIpc) is 2.96. The molecule has 0 saturated carbocycles. The Bertz CT molecular complexity index is 901. The predicted octanol–water partition coefficient (Wildman–Crippen LogP) is 0.316. The molecule has 0 aromatic heterocycles. The van der Waals surface area contributed by atoms with E-state index in [1.807, 2.05) is 0 Å². The number of benzene rings is 1. The lowest BCUT2D eigenvalue weighted by atomic mass is 10.1. The third kappa shape index (κ3) is 4.03. The fourth-order valence-electron chi connectivity index (χ4n) is 3.29. The van der Waals surface area contributed by atoms with Crippen LogP contribution in [-0.4, -0.2) is 83.6 Å². The average molecular weight is 399 g/mol. The van der Waals surface area contributed by atoms with E-state index >= 15 is 0 Å². The molecule has 4 amide bonds. The molecule has 0 unspecified atom stereocenters. The highest BCUT2D eigenvalue weighted by Crippen LogP contribution is 2.24. The van der Waals surface area contributed by atoms with Crippen molar-refractivity contribution in [1.82, 2.24) is 14.7 Å². The van der Waals surface area contributed by atoms with Crippen LogP contribution in [0.2, 0.25) is 0 Å². The van der Waals surface area contributed by atoms with Gasteiger partial charge in [0.2, 0.25) is 5.91 Å². The second-order valence-corrected chi connectivity index (χ2v) is 6.73. The zero-order valence-electron chi connectivity index (χ0n) is 16.1. The van der Waals surface area contributed by atoms with E-state index in [9.17, 15) is 24.0 Å². The van der Waals surface area contributed by atoms with Gasteiger partial charge in [0.05, 0.1) is 16.7 Å². The third-order valence-electron chi connectivity index (χ3n) is 4.92. The molecule has 1 fully saturated rings. The van der Waals surface area contributed by atoms with Crippen molar-refractivity contribution in [2.75, 3.05) is 39.3 Å². The second kappa shape index (κ2) is 8.26. The van der Waals surface area contributed by atoms with E-state index < -0.39 is 24.4 Å². The minimum atomic E-state index is -0.758. The maximum absolute atomic E-state index is 12.3. The Morgan fingerprint density at radius 1 is 1.03 bits per heavy atom. The molecule has 29 heavy (non-hydrogen) atoms. The molecule has 3 rings (SSSR count). The van der Waals surface area contributed by atoms with Gasteiger partial charge in [-0.1, -0.05) is 6.08 Å². The SMILES string of the molecule is C=CCN1C(=O)c2ccc(C(=O)OCC(=O)N3CCN(C(C)=O)CC3)cc2C1=O. The van der Waals surface area contributed by atoms with E-state index in [1.165, 1.54) is 36.1 Å². The first-order chi connectivity index (χ1) is 13.8. The number of imide groups is 1. The number of fused-ring (bicyclic) bond motifs is 1. The molecule has 2 aliphatic heterocycles. The lowest BCUT2D eigenvalue weighted by Gasteiger charge is -2.34. The Morgan fingerprint density at radius 2 is 1.66 bits per heavy atom. The minimum absolute atomic E-state index is 0.0418. The van der Waals surface area contributed by atoms with Crippen molar-refractivity contribution in [3.05, 3.63) is 47.5 Å². The molecule has 2 aliphatic rings. The van der Waals surface area contributed by atoms with Crippen LogP contribution in [0.25, 0.3) is 0 Å². The van der Waals surface area contributed by atoms with Crippen LogP contribution >= 0.6 is 0 Å². The van der Waals surface area contributed by atoms with Crippen LogP contribution in [0.4, 0.5) is 0 Å². The Morgan fingerprint density at radius 3 is 2.28 bits per heavy atom. The topological polar surface area (TPSA) is 104 Å². The monoisotopic (exact) mass is 399 g/mol. The van der Waals surface area contributed by atoms with Crippen molar-refractivity contribution in [2.24, 2.45) is 0 Å². The van der Waals surface area contributed by atoms with Crippen LogP contribution in [0.5, 0.6) is 0 Å². The minimum Gasteiger partial charge on any atom is -0.452 e. The number of carbonyl (C=O) groups is 5. The van der Waals surface area contributed by atoms with Crippen LogP contribution in [0.15, 0.2) is 30.9 Å². The zero-order chi connectivity index (χ0) is 21.1. The predicted molar refractivity (Wildman–Crippen MR) is 101 cm³/mol. The number of hydrogen-bond acceptors (Lipinski definition) is 6. The van der Waals surface area contributed by atoms with E-state index in [0.717, 1.165) is 4.90 Å². The van der Waals surface area contributed by atoms with Gasteiger partial charge in [-0.3, -0.25) is 24.1 Å². The Kier molecular flexibility index (Phi) is 5.76. The number of carbonyl (C=O) groups excluding carboxylic acids is 5. The van der Waals surface area contributed by atoms with E-state index in [4.69, 9.17) is 4.74 Å². The normalized spacial score (nSPS) is 16.0. The van der Waals surface area contributed by atoms with Crippen molar-refractivity contribution in [1.29, 1.82) is 0 Å². The van der Waals surface area contributed by atoms with Gasteiger partial charge in [-0.2, -0.15) is 0 Å². The quantitative estimate of drug-likeness (QED) is 0.401. The second-order valence-electron chi connectivity index (χ2n) is 6.73. The van der Waals surface area contributed by atoms with Crippen LogP contribution in [0.1, 0.15) is 38.0 Å². The molecular weight excluding hydrogens is 378 g/mol. The van der Waals surface area contributed by atoms with Crippen molar-refractivity contribution in [3.8, 4) is 0 Å². The molecule has 0 aliphatic carbocycles. The van der Waals surface area contributed by atoms with Gasteiger partial charge in [0.1, 0.15) is 0 Å². The lowest BCUT2D eigenvalue weighted by molar-refractivity contribution is -0.140. The molecule has 1 aromatic rings. The van der Waals surface area contributed by atoms with Gasteiger partial charge in [-0.25, -0.2) is 4.79 Å². The van der Waals surface area contributed by atoms with Gasteiger partial charge < -0.3 is 14.5 Å². The molecule has 0 radical (unpaired) electrons. The number of rotatable bonds is 5. The molecule has 152 valence electrons. The molecule has 2 heterocycles. The van der Waals surface area contributed by atoms with Crippen LogP contribution < -0.4 is 0 Å². The first-order valence-electron chi connectivity index (χ1n) is 9.15. The van der Waals surface area contributed by atoms with Gasteiger partial charge in [0.25, 0.3) is 17.7 Å². The molecule has 0 atom stereocenters. The summed E-state index contributed by atoms with van der Waals surface area (Å²) in [5.74, 6) is -2.10. The first kappa shape index (κ1) is 20.2. The fraction of sp³-hybridized carbons (Fsp3) is 0.350. The van der Waals surface area contributed by atoms with E-state index in [2.05, 4.69) is 6.58 Å². The molecular formula is C20H21N3O6. The lowest BCUT2D eigenvalue weighted by Crippen LogP contribution is -2.51. The van der Waals surface area contributed by atoms with Gasteiger partial charge in [0.15, 0.2) is 6.61 Å². The Labute approximate surface area is 167 Å². The molecule has 0 spiro atoms. The first-order valence-corrected chi connectivity index (χ1v) is 9.15. The van der Waals surface area contributed by atoms with Crippen LogP contribution in [0, 0.1) is 0 Å². The summed E-state index contributed by atoms with van der Waals surface area (Å²) in [6, 6.07) is 4.09. The van der Waals surface area contributed by atoms with Gasteiger partial charge >= 0.3 is 5.97 Å².